The summed E-state index contributed by atoms with van der Waals surface area (Å²) in [5.74, 6) is -3.71. The SMILES string of the molecule is CCC(C)COC(=O)c1ccccc1S(=O)(=O)NC(=O)Nc1nc(OC(F)F)cc(OC(F)F)n1. The summed E-state index contributed by atoms with van der Waals surface area (Å²) in [6.07, 6.45) is 0.713. The fourth-order valence-corrected chi connectivity index (χ4v) is 3.45. The van der Waals surface area contributed by atoms with Gasteiger partial charge in [-0.25, -0.2) is 22.7 Å². The number of amides is 2. The zero-order valence-corrected chi connectivity index (χ0v) is 19.0. The molecular formula is C19H20F4N4O7S. The molecule has 1 aromatic carbocycles. The molecule has 0 radical (unpaired) electrons. The molecule has 2 aromatic rings. The summed E-state index contributed by atoms with van der Waals surface area (Å²) in [5, 5.41) is 1.77. The quantitative estimate of drug-likeness (QED) is 0.334. The van der Waals surface area contributed by atoms with Crippen molar-refractivity contribution < 1.29 is 49.8 Å². The number of benzene rings is 1. The van der Waals surface area contributed by atoms with Gasteiger partial charge in [0.05, 0.1) is 18.2 Å². The van der Waals surface area contributed by atoms with Gasteiger partial charge in [-0.15, -0.1) is 0 Å². The third kappa shape index (κ3) is 8.55. The summed E-state index contributed by atoms with van der Waals surface area (Å²) in [5.41, 5.74) is -0.354. The van der Waals surface area contributed by atoms with E-state index in [0.717, 1.165) is 6.07 Å². The highest BCUT2D eigenvalue weighted by atomic mass is 32.2. The second kappa shape index (κ2) is 12.1. The second-order valence-electron chi connectivity index (χ2n) is 6.79. The molecule has 1 unspecified atom stereocenters. The van der Waals surface area contributed by atoms with Gasteiger partial charge in [0, 0.05) is 0 Å². The van der Waals surface area contributed by atoms with Gasteiger partial charge in [0.25, 0.3) is 10.0 Å². The Morgan fingerprint density at radius 2 is 1.60 bits per heavy atom. The van der Waals surface area contributed by atoms with Gasteiger partial charge in [0.15, 0.2) is 0 Å². The number of nitrogens with zero attached hydrogens (tertiary/aromatic N) is 2. The van der Waals surface area contributed by atoms with Crippen LogP contribution in [0.25, 0.3) is 0 Å². The number of aromatic nitrogens is 2. The van der Waals surface area contributed by atoms with Gasteiger partial charge in [-0.1, -0.05) is 32.4 Å². The maximum atomic E-state index is 12.7. The highest BCUT2D eigenvalue weighted by Crippen LogP contribution is 2.22. The molecule has 1 atom stereocenters. The summed E-state index contributed by atoms with van der Waals surface area (Å²) < 4.78 is 89.8. The average Bonchev–Trinajstić information content (AvgIpc) is 2.75. The van der Waals surface area contributed by atoms with Crippen LogP contribution in [0.5, 0.6) is 11.8 Å². The van der Waals surface area contributed by atoms with Crippen LogP contribution in [0.3, 0.4) is 0 Å². The molecule has 0 saturated heterocycles. The van der Waals surface area contributed by atoms with E-state index in [1.165, 1.54) is 18.2 Å². The molecule has 11 nitrogen and oxygen atoms in total. The Balaban J connectivity index is 2.22. The van der Waals surface area contributed by atoms with E-state index in [2.05, 4.69) is 19.4 Å². The molecule has 0 spiro atoms. The largest absolute Gasteiger partial charge is 0.462 e. The van der Waals surface area contributed by atoms with E-state index in [0.29, 0.717) is 12.5 Å². The minimum Gasteiger partial charge on any atom is -0.462 e. The van der Waals surface area contributed by atoms with E-state index in [4.69, 9.17) is 4.74 Å². The topological polar surface area (TPSA) is 146 Å². The number of hydrogen-bond donors (Lipinski definition) is 2. The summed E-state index contributed by atoms with van der Waals surface area (Å²) in [6.45, 7) is -3.06. The Bertz CT molecular complexity index is 1120. The van der Waals surface area contributed by atoms with Crippen molar-refractivity contribution in [1.82, 2.24) is 14.7 Å². The predicted octanol–water partition coefficient (Wildman–Crippen LogP) is 3.39. The molecule has 2 N–H and O–H groups in total. The van der Waals surface area contributed by atoms with E-state index in [9.17, 15) is 35.6 Å². The number of carbonyl (C=O) groups is 2. The molecule has 0 saturated carbocycles. The van der Waals surface area contributed by atoms with Crippen molar-refractivity contribution in [2.45, 2.75) is 38.4 Å². The van der Waals surface area contributed by atoms with E-state index >= 15 is 0 Å². The van der Waals surface area contributed by atoms with Gasteiger partial charge in [-0.2, -0.15) is 27.5 Å². The van der Waals surface area contributed by atoms with Gasteiger partial charge in [0.2, 0.25) is 17.7 Å². The number of hydrogen-bond acceptors (Lipinski definition) is 9. The highest BCUT2D eigenvalue weighted by molar-refractivity contribution is 7.90. The van der Waals surface area contributed by atoms with Crippen LogP contribution in [-0.2, 0) is 14.8 Å². The van der Waals surface area contributed by atoms with Crippen LogP contribution in [0.4, 0.5) is 28.3 Å². The number of carbonyl (C=O) groups excluding carboxylic acids is 2. The van der Waals surface area contributed by atoms with E-state index < -0.39 is 57.9 Å². The van der Waals surface area contributed by atoms with Gasteiger partial charge in [-0.05, 0) is 18.1 Å². The zero-order valence-electron chi connectivity index (χ0n) is 18.2. The molecule has 0 aliphatic carbocycles. The van der Waals surface area contributed by atoms with Gasteiger partial charge < -0.3 is 14.2 Å². The minimum absolute atomic E-state index is 0.0235. The van der Waals surface area contributed by atoms with Gasteiger partial charge in [0.1, 0.15) is 4.90 Å². The molecule has 0 bridgehead atoms. The Hall–Kier alpha value is -3.69. The molecule has 0 fully saturated rings. The number of ether oxygens (including phenoxy) is 3. The lowest BCUT2D eigenvalue weighted by atomic mass is 10.1. The molecule has 0 aliphatic heterocycles. The fourth-order valence-electron chi connectivity index (χ4n) is 2.35. The van der Waals surface area contributed by atoms with Crippen LogP contribution < -0.4 is 19.5 Å². The maximum Gasteiger partial charge on any atom is 0.388 e. The van der Waals surface area contributed by atoms with E-state index in [1.54, 1.807) is 10.0 Å². The number of anilines is 1. The van der Waals surface area contributed by atoms with Crippen LogP contribution >= 0.6 is 0 Å². The van der Waals surface area contributed by atoms with Crippen molar-refractivity contribution in [3.05, 3.63) is 35.9 Å². The molecule has 2 rings (SSSR count). The molecule has 1 heterocycles. The van der Waals surface area contributed by atoms with Gasteiger partial charge >= 0.3 is 25.2 Å². The number of urea groups is 1. The molecule has 35 heavy (non-hydrogen) atoms. The molecule has 192 valence electrons. The van der Waals surface area contributed by atoms with E-state index in [1.807, 2.05) is 13.8 Å². The highest BCUT2D eigenvalue weighted by Gasteiger charge is 2.26. The zero-order chi connectivity index (χ0) is 26.2. The third-order valence-electron chi connectivity index (χ3n) is 4.14. The van der Waals surface area contributed by atoms with Crippen LogP contribution in [-0.4, -0.2) is 50.2 Å². The van der Waals surface area contributed by atoms with Crippen molar-refractivity contribution in [2.24, 2.45) is 5.92 Å². The Morgan fingerprint density at radius 1 is 1.03 bits per heavy atom. The van der Waals surface area contributed by atoms with Crippen molar-refractivity contribution in [3.63, 3.8) is 0 Å². The number of esters is 1. The first-order chi connectivity index (χ1) is 16.4. The first-order valence-corrected chi connectivity index (χ1v) is 11.3. The van der Waals surface area contributed by atoms with E-state index in [-0.39, 0.29) is 18.1 Å². The first-order valence-electron chi connectivity index (χ1n) is 9.80. The monoisotopic (exact) mass is 524 g/mol. The second-order valence-corrected chi connectivity index (χ2v) is 8.44. The Labute approximate surface area is 196 Å². The number of nitrogens with one attached hydrogen (secondary N) is 2. The Kier molecular flexibility index (Phi) is 9.56. The number of sulfonamides is 1. The standard InChI is InChI=1S/C19H20F4N4O7S/c1-3-10(2)9-32-15(28)11-6-4-5-7-12(11)35(30,31)27-19(29)26-18-24-13(33-16(20)21)8-14(25-18)34-17(22)23/h4-8,10,16-17H,3,9H2,1-2H3,(H2,24,25,26,27,29). The Morgan fingerprint density at radius 3 is 2.14 bits per heavy atom. The lowest BCUT2D eigenvalue weighted by molar-refractivity contribution is -0.0579. The number of alkyl halides is 4. The molecule has 1 aromatic heterocycles. The summed E-state index contributed by atoms with van der Waals surface area (Å²) in [7, 11) is -4.68. The first kappa shape index (κ1) is 27.6. The molecular weight excluding hydrogens is 504 g/mol. The lowest BCUT2D eigenvalue weighted by Crippen LogP contribution is -2.35. The smallest absolute Gasteiger partial charge is 0.388 e. The summed E-state index contributed by atoms with van der Waals surface area (Å²) in [4.78, 5) is 30.7. The fraction of sp³-hybridized carbons (Fsp3) is 0.368. The lowest BCUT2D eigenvalue weighted by Gasteiger charge is -2.13. The van der Waals surface area contributed by atoms with Gasteiger partial charge in [-0.3, -0.25) is 5.32 Å². The normalized spacial score (nSPS) is 12.2. The van der Waals surface area contributed by atoms with Crippen LogP contribution in [0, 0.1) is 5.92 Å². The van der Waals surface area contributed by atoms with Crippen molar-refractivity contribution >= 4 is 28.0 Å². The van der Waals surface area contributed by atoms with Crippen molar-refractivity contribution in [1.29, 1.82) is 0 Å². The van der Waals surface area contributed by atoms with Crippen LogP contribution in [0.15, 0.2) is 35.2 Å². The minimum atomic E-state index is -4.68. The maximum absolute atomic E-state index is 12.7. The predicted molar refractivity (Wildman–Crippen MR) is 111 cm³/mol. The molecule has 0 aliphatic rings. The third-order valence-corrected chi connectivity index (χ3v) is 5.53. The van der Waals surface area contributed by atoms with Crippen molar-refractivity contribution in [2.75, 3.05) is 11.9 Å². The number of rotatable bonds is 11. The molecule has 2 amide bonds. The van der Waals surface area contributed by atoms with Crippen molar-refractivity contribution in [3.8, 4) is 11.8 Å². The average molecular weight is 524 g/mol. The summed E-state index contributed by atoms with van der Waals surface area (Å²) in [6, 6.07) is 3.88. The number of halogens is 4. The van der Waals surface area contributed by atoms with Crippen LogP contribution in [0.2, 0.25) is 0 Å². The molecule has 16 heteroatoms. The summed E-state index contributed by atoms with van der Waals surface area (Å²) >= 11 is 0. The van der Waals surface area contributed by atoms with Crippen LogP contribution in [0.1, 0.15) is 30.6 Å².